The van der Waals surface area contributed by atoms with E-state index in [0.717, 1.165) is 12.8 Å². The van der Waals surface area contributed by atoms with Gasteiger partial charge in [0.15, 0.2) is 12.5 Å². The standard InChI is InChI=1S/C19H30N4O7/c1-19(2,3)30-18(27)20-9-6-4-5-7-14(25)21-13-8-10-23(17(26)22-13)15-12-28-16(11-24)29-15/h8,10,15-16,24H,4-7,9,11-12H2,1-3H3,(H,20,27)(H,21,22,25,26). The fourth-order valence-electron chi connectivity index (χ4n) is 2.68. The molecule has 3 N–H and O–H groups in total. The Morgan fingerprint density at radius 3 is 2.73 bits per heavy atom. The molecule has 2 amide bonds. The second-order valence-electron chi connectivity index (χ2n) is 7.83. The average Bonchev–Trinajstić information content (AvgIpc) is 3.12. The van der Waals surface area contributed by atoms with E-state index in [9.17, 15) is 14.4 Å². The van der Waals surface area contributed by atoms with Gasteiger partial charge in [0.2, 0.25) is 5.91 Å². The lowest BCUT2D eigenvalue weighted by molar-refractivity contribution is -0.116. The Kier molecular flexibility index (Phi) is 8.75. The summed E-state index contributed by atoms with van der Waals surface area (Å²) in [4.78, 5) is 39.5. The van der Waals surface area contributed by atoms with Crippen LogP contribution in [0.25, 0.3) is 0 Å². The van der Waals surface area contributed by atoms with Gasteiger partial charge in [-0.1, -0.05) is 6.42 Å². The Labute approximate surface area is 174 Å². The minimum atomic E-state index is -0.763. The summed E-state index contributed by atoms with van der Waals surface area (Å²) in [5.41, 5.74) is -1.12. The first-order chi connectivity index (χ1) is 14.2. The number of rotatable bonds is 9. The Bertz CT molecular complexity index is 775. The number of alkyl carbamates (subject to hydrolysis) is 1. The van der Waals surface area contributed by atoms with Crippen LogP contribution in [0.1, 0.15) is 52.7 Å². The number of unbranched alkanes of at least 4 members (excludes halogenated alkanes) is 2. The van der Waals surface area contributed by atoms with Crippen molar-refractivity contribution in [2.75, 3.05) is 25.1 Å². The quantitative estimate of drug-likeness (QED) is 0.499. The van der Waals surface area contributed by atoms with Crippen molar-refractivity contribution in [3.05, 3.63) is 22.7 Å². The SMILES string of the molecule is CC(C)(C)OC(=O)NCCCCCC(=O)Nc1ccn(C2COC(CO)O2)c(=O)n1. The van der Waals surface area contributed by atoms with Gasteiger partial charge in [-0.3, -0.25) is 9.36 Å². The topological polar surface area (TPSA) is 141 Å². The molecule has 168 valence electrons. The highest BCUT2D eigenvalue weighted by Crippen LogP contribution is 2.19. The molecule has 1 fully saturated rings. The molecule has 2 atom stereocenters. The second kappa shape index (κ2) is 11.0. The maximum Gasteiger partial charge on any atom is 0.407 e. The van der Waals surface area contributed by atoms with E-state index in [4.69, 9.17) is 19.3 Å². The molecule has 0 aliphatic carbocycles. The van der Waals surface area contributed by atoms with E-state index in [2.05, 4.69) is 15.6 Å². The van der Waals surface area contributed by atoms with Crippen LogP contribution in [0.2, 0.25) is 0 Å². The maximum atomic E-state index is 12.1. The van der Waals surface area contributed by atoms with Gasteiger partial charge >= 0.3 is 11.8 Å². The van der Waals surface area contributed by atoms with Crippen LogP contribution in [0, 0.1) is 0 Å². The number of nitrogens with one attached hydrogen (secondary N) is 2. The zero-order chi connectivity index (χ0) is 22.1. The normalized spacial score (nSPS) is 18.8. The van der Waals surface area contributed by atoms with E-state index >= 15 is 0 Å². The molecule has 2 heterocycles. The summed E-state index contributed by atoms with van der Waals surface area (Å²) in [5.74, 6) is -0.0917. The smallest absolute Gasteiger partial charge is 0.407 e. The van der Waals surface area contributed by atoms with E-state index in [1.165, 1.54) is 16.8 Å². The number of aromatic nitrogens is 2. The van der Waals surface area contributed by atoms with Crippen molar-refractivity contribution in [2.45, 2.75) is 64.6 Å². The molecule has 1 aliphatic rings. The number of amides is 2. The van der Waals surface area contributed by atoms with Crippen molar-refractivity contribution in [2.24, 2.45) is 0 Å². The van der Waals surface area contributed by atoms with Gasteiger partial charge in [-0.2, -0.15) is 4.98 Å². The number of hydrogen-bond donors (Lipinski definition) is 3. The summed E-state index contributed by atoms with van der Waals surface area (Å²) in [6, 6.07) is 1.50. The van der Waals surface area contributed by atoms with Gasteiger partial charge in [0, 0.05) is 19.2 Å². The summed E-state index contributed by atoms with van der Waals surface area (Å²) in [7, 11) is 0. The summed E-state index contributed by atoms with van der Waals surface area (Å²) in [6.07, 6.45) is 1.96. The zero-order valence-electron chi connectivity index (χ0n) is 17.6. The molecule has 2 unspecified atom stereocenters. The second-order valence-corrected chi connectivity index (χ2v) is 7.83. The van der Waals surface area contributed by atoms with Gasteiger partial charge in [0.05, 0.1) is 13.2 Å². The first kappa shape index (κ1) is 23.8. The average molecular weight is 426 g/mol. The number of hydrogen-bond acceptors (Lipinski definition) is 8. The van der Waals surface area contributed by atoms with E-state index in [0.29, 0.717) is 13.0 Å². The molecule has 1 saturated heterocycles. The van der Waals surface area contributed by atoms with Crippen molar-refractivity contribution in [1.82, 2.24) is 14.9 Å². The lowest BCUT2D eigenvalue weighted by atomic mass is 10.2. The molecule has 1 aromatic heterocycles. The summed E-state index contributed by atoms with van der Waals surface area (Å²) >= 11 is 0. The fraction of sp³-hybridized carbons (Fsp3) is 0.684. The van der Waals surface area contributed by atoms with E-state index in [-0.39, 0.29) is 31.4 Å². The molecule has 11 nitrogen and oxygen atoms in total. The fourth-order valence-corrected chi connectivity index (χ4v) is 2.68. The van der Waals surface area contributed by atoms with Crippen LogP contribution in [0.15, 0.2) is 17.1 Å². The van der Waals surface area contributed by atoms with Crippen LogP contribution in [0.5, 0.6) is 0 Å². The van der Waals surface area contributed by atoms with Gasteiger partial charge < -0.3 is 30.0 Å². The Balaban J connectivity index is 1.66. The lowest BCUT2D eigenvalue weighted by Crippen LogP contribution is -2.33. The molecule has 0 spiro atoms. The number of aliphatic hydroxyl groups excluding tert-OH is 1. The highest BCUT2D eigenvalue weighted by molar-refractivity contribution is 5.89. The molecule has 2 rings (SSSR count). The Hall–Kier alpha value is -2.50. The zero-order valence-corrected chi connectivity index (χ0v) is 17.6. The minimum absolute atomic E-state index is 0.126. The lowest BCUT2D eigenvalue weighted by Gasteiger charge is -2.19. The van der Waals surface area contributed by atoms with Crippen molar-refractivity contribution in [1.29, 1.82) is 0 Å². The molecule has 0 saturated carbocycles. The van der Waals surface area contributed by atoms with Crippen molar-refractivity contribution >= 4 is 17.8 Å². The molecular weight excluding hydrogens is 396 g/mol. The van der Waals surface area contributed by atoms with Crippen LogP contribution in [-0.2, 0) is 19.0 Å². The van der Waals surface area contributed by atoms with Gasteiger partial charge in [-0.25, -0.2) is 9.59 Å². The number of carbonyl (C=O) groups is 2. The number of aliphatic hydroxyl groups is 1. The largest absolute Gasteiger partial charge is 0.444 e. The summed E-state index contributed by atoms with van der Waals surface area (Å²) in [6.45, 7) is 5.69. The minimum Gasteiger partial charge on any atom is -0.444 e. The highest BCUT2D eigenvalue weighted by atomic mass is 16.7. The molecular formula is C19H30N4O7. The summed E-state index contributed by atoms with van der Waals surface area (Å²) in [5, 5.41) is 14.3. The molecule has 0 radical (unpaired) electrons. The summed E-state index contributed by atoms with van der Waals surface area (Å²) < 4.78 is 16.9. The predicted molar refractivity (Wildman–Crippen MR) is 107 cm³/mol. The van der Waals surface area contributed by atoms with E-state index < -0.39 is 29.9 Å². The van der Waals surface area contributed by atoms with Gasteiger partial charge in [-0.15, -0.1) is 0 Å². The van der Waals surface area contributed by atoms with Crippen molar-refractivity contribution < 1.29 is 28.9 Å². The van der Waals surface area contributed by atoms with Crippen LogP contribution < -0.4 is 16.3 Å². The third-order valence-corrected chi connectivity index (χ3v) is 4.04. The molecule has 0 bridgehead atoms. The number of nitrogens with zero attached hydrogens (tertiary/aromatic N) is 2. The Morgan fingerprint density at radius 1 is 1.33 bits per heavy atom. The third-order valence-electron chi connectivity index (χ3n) is 4.04. The highest BCUT2D eigenvalue weighted by Gasteiger charge is 2.27. The van der Waals surface area contributed by atoms with E-state index in [1.807, 2.05) is 0 Å². The van der Waals surface area contributed by atoms with Crippen molar-refractivity contribution in [3.63, 3.8) is 0 Å². The molecule has 1 aliphatic heterocycles. The number of anilines is 1. The molecule has 0 aromatic carbocycles. The first-order valence-electron chi connectivity index (χ1n) is 9.92. The molecule has 30 heavy (non-hydrogen) atoms. The van der Waals surface area contributed by atoms with Crippen LogP contribution in [-0.4, -0.2) is 58.3 Å². The van der Waals surface area contributed by atoms with Crippen LogP contribution in [0.4, 0.5) is 10.6 Å². The molecule has 1 aromatic rings. The Morgan fingerprint density at radius 2 is 2.10 bits per heavy atom. The first-order valence-corrected chi connectivity index (χ1v) is 9.92. The van der Waals surface area contributed by atoms with Gasteiger partial charge in [0.25, 0.3) is 0 Å². The third kappa shape index (κ3) is 8.09. The van der Waals surface area contributed by atoms with Crippen LogP contribution in [0.3, 0.4) is 0 Å². The van der Waals surface area contributed by atoms with Gasteiger partial charge in [0.1, 0.15) is 11.4 Å². The van der Waals surface area contributed by atoms with Gasteiger partial charge in [-0.05, 0) is 39.7 Å². The van der Waals surface area contributed by atoms with Crippen molar-refractivity contribution in [3.8, 4) is 0 Å². The predicted octanol–water partition coefficient (Wildman–Crippen LogP) is 1.13. The van der Waals surface area contributed by atoms with Crippen LogP contribution >= 0.6 is 0 Å². The van der Waals surface area contributed by atoms with E-state index in [1.54, 1.807) is 20.8 Å². The number of carbonyl (C=O) groups excluding carboxylic acids is 2. The number of ether oxygens (including phenoxy) is 3. The maximum absolute atomic E-state index is 12.1. The monoisotopic (exact) mass is 426 g/mol. The molecule has 11 heteroatoms.